The van der Waals surface area contributed by atoms with Gasteiger partial charge in [0.2, 0.25) is 0 Å². The van der Waals surface area contributed by atoms with Crippen molar-refractivity contribution in [2.75, 3.05) is 52.5 Å². The van der Waals surface area contributed by atoms with Crippen LogP contribution in [0.4, 0.5) is 5.69 Å². The van der Waals surface area contributed by atoms with Crippen molar-refractivity contribution >= 4 is 27.5 Å². The van der Waals surface area contributed by atoms with E-state index in [1.165, 1.54) is 11.8 Å². The third kappa shape index (κ3) is 4.90. The SMILES string of the molecule is COc1cc(-c2ccn(C(=O)C(OC)c3ccc(N4CCOCC4)cc3)n2)cc(OC)c1Br. The zero-order valence-electron chi connectivity index (χ0n) is 18.8. The number of methoxy groups -OCH3 is 3. The number of halogens is 1. The Bertz CT molecular complexity index is 1080. The number of anilines is 1. The minimum atomic E-state index is -0.773. The average molecular weight is 516 g/mol. The Balaban J connectivity index is 1.55. The highest BCUT2D eigenvalue weighted by Gasteiger charge is 2.24. The quantitative estimate of drug-likeness (QED) is 0.466. The van der Waals surface area contributed by atoms with Gasteiger partial charge in [0.25, 0.3) is 5.91 Å². The number of carbonyl (C=O) groups is 1. The summed E-state index contributed by atoms with van der Waals surface area (Å²) < 4.78 is 23.8. The Morgan fingerprint density at radius 2 is 1.67 bits per heavy atom. The van der Waals surface area contributed by atoms with E-state index in [1.807, 2.05) is 36.4 Å². The molecule has 1 unspecified atom stereocenters. The van der Waals surface area contributed by atoms with Gasteiger partial charge in [0.15, 0.2) is 6.10 Å². The number of benzene rings is 2. The fourth-order valence-corrected chi connectivity index (χ4v) is 4.35. The minimum Gasteiger partial charge on any atom is -0.495 e. The Hall–Kier alpha value is -2.88. The second kappa shape index (κ2) is 10.4. The summed E-state index contributed by atoms with van der Waals surface area (Å²) >= 11 is 3.47. The Kier molecular flexibility index (Phi) is 7.32. The van der Waals surface area contributed by atoms with E-state index in [0.29, 0.717) is 21.7 Å². The van der Waals surface area contributed by atoms with Gasteiger partial charge in [0, 0.05) is 37.6 Å². The number of ether oxygens (including phenoxy) is 4. The summed E-state index contributed by atoms with van der Waals surface area (Å²) in [6.45, 7) is 3.15. The number of hydrogen-bond donors (Lipinski definition) is 0. The van der Waals surface area contributed by atoms with Crippen LogP contribution in [0.2, 0.25) is 0 Å². The molecule has 1 fully saturated rings. The fourth-order valence-electron chi connectivity index (χ4n) is 3.80. The maximum Gasteiger partial charge on any atom is 0.280 e. The van der Waals surface area contributed by atoms with Gasteiger partial charge in [-0.3, -0.25) is 4.79 Å². The topological polar surface area (TPSA) is 75.1 Å². The van der Waals surface area contributed by atoms with E-state index in [2.05, 4.69) is 25.9 Å². The van der Waals surface area contributed by atoms with Crippen molar-refractivity contribution in [3.63, 3.8) is 0 Å². The van der Waals surface area contributed by atoms with Crippen LogP contribution in [0.5, 0.6) is 11.5 Å². The van der Waals surface area contributed by atoms with Crippen LogP contribution >= 0.6 is 15.9 Å². The number of nitrogens with zero attached hydrogens (tertiary/aromatic N) is 3. The summed E-state index contributed by atoms with van der Waals surface area (Å²) in [5, 5.41) is 4.48. The molecule has 1 atom stereocenters. The van der Waals surface area contributed by atoms with Crippen LogP contribution < -0.4 is 14.4 Å². The number of morpholine rings is 1. The van der Waals surface area contributed by atoms with Crippen LogP contribution in [0.25, 0.3) is 11.3 Å². The summed E-state index contributed by atoms with van der Waals surface area (Å²) in [5.41, 5.74) is 3.25. The summed E-state index contributed by atoms with van der Waals surface area (Å²) in [6, 6.07) is 13.3. The lowest BCUT2D eigenvalue weighted by Crippen LogP contribution is -2.36. The molecule has 2 heterocycles. The monoisotopic (exact) mass is 515 g/mol. The second-order valence-electron chi connectivity index (χ2n) is 7.49. The average Bonchev–Trinajstić information content (AvgIpc) is 3.36. The molecule has 3 aromatic rings. The molecule has 0 bridgehead atoms. The van der Waals surface area contributed by atoms with Gasteiger partial charge in [-0.15, -0.1) is 0 Å². The standard InChI is InChI=1S/C24H26BrN3O5/c1-30-20-14-17(15-21(31-2)22(20)25)19-8-9-28(26-19)24(29)23(32-3)16-4-6-18(7-5-16)27-10-12-33-13-11-27/h4-9,14-15,23H,10-13H2,1-3H3. The van der Waals surface area contributed by atoms with Crippen molar-refractivity contribution in [1.82, 2.24) is 9.78 Å². The van der Waals surface area contributed by atoms with Crippen LogP contribution in [0, 0.1) is 0 Å². The molecule has 0 N–H and O–H groups in total. The van der Waals surface area contributed by atoms with Gasteiger partial charge in [-0.1, -0.05) is 12.1 Å². The molecular formula is C24H26BrN3O5. The van der Waals surface area contributed by atoms with E-state index < -0.39 is 6.10 Å². The van der Waals surface area contributed by atoms with Gasteiger partial charge in [0.1, 0.15) is 16.0 Å². The first-order valence-corrected chi connectivity index (χ1v) is 11.3. The molecule has 33 heavy (non-hydrogen) atoms. The summed E-state index contributed by atoms with van der Waals surface area (Å²) in [4.78, 5) is 15.5. The first-order valence-electron chi connectivity index (χ1n) is 10.5. The summed E-state index contributed by atoms with van der Waals surface area (Å²) in [6.07, 6.45) is 0.859. The van der Waals surface area contributed by atoms with E-state index in [4.69, 9.17) is 18.9 Å². The van der Waals surface area contributed by atoms with Crippen LogP contribution in [0.15, 0.2) is 53.1 Å². The number of rotatable bonds is 7. The molecular weight excluding hydrogens is 490 g/mol. The summed E-state index contributed by atoms with van der Waals surface area (Å²) in [7, 11) is 4.69. The predicted octanol–water partition coefficient (Wildman–Crippen LogP) is 4.19. The normalized spacial score (nSPS) is 14.7. The van der Waals surface area contributed by atoms with Crippen molar-refractivity contribution in [3.05, 3.63) is 58.7 Å². The number of carbonyl (C=O) groups excluding carboxylic acids is 1. The minimum absolute atomic E-state index is 0.279. The molecule has 2 aromatic carbocycles. The van der Waals surface area contributed by atoms with Gasteiger partial charge >= 0.3 is 0 Å². The van der Waals surface area contributed by atoms with E-state index >= 15 is 0 Å². The zero-order chi connectivity index (χ0) is 23.4. The third-order valence-corrected chi connectivity index (χ3v) is 6.37. The molecule has 1 saturated heterocycles. The highest BCUT2D eigenvalue weighted by atomic mass is 79.9. The molecule has 1 aromatic heterocycles. The van der Waals surface area contributed by atoms with Crippen molar-refractivity contribution in [1.29, 1.82) is 0 Å². The maximum absolute atomic E-state index is 13.2. The Morgan fingerprint density at radius 3 is 2.24 bits per heavy atom. The smallest absolute Gasteiger partial charge is 0.280 e. The first-order chi connectivity index (χ1) is 16.0. The van der Waals surface area contributed by atoms with E-state index in [1.54, 1.807) is 26.5 Å². The lowest BCUT2D eigenvalue weighted by Gasteiger charge is -2.29. The molecule has 0 amide bonds. The third-order valence-electron chi connectivity index (χ3n) is 5.59. The largest absolute Gasteiger partial charge is 0.495 e. The van der Waals surface area contributed by atoms with Crippen molar-refractivity contribution in [3.8, 4) is 22.8 Å². The van der Waals surface area contributed by atoms with Gasteiger partial charge in [0.05, 0.1) is 33.1 Å². The van der Waals surface area contributed by atoms with Crippen molar-refractivity contribution in [2.24, 2.45) is 0 Å². The molecule has 8 nitrogen and oxygen atoms in total. The molecule has 0 radical (unpaired) electrons. The van der Waals surface area contributed by atoms with Crippen molar-refractivity contribution < 1.29 is 23.7 Å². The molecule has 174 valence electrons. The Morgan fingerprint density at radius 1 is 1.03 bits per heavy atom. The van der Waals surface area contributed by atoms with Crippen LogP contribution in [0.3, 0.4) is 0 Å². The first kappa shape index (κ1) is 23.3. The van der Waals surface area contributed by atoms with Crippen LogP contribution in [-0.4, -0.2) is 63.3 Å². The molecule has 0 spiro atoms. The van der Waals surface area contributed by atoms with Gasteiger partial charge < -0.3 is 23.8 Å². The predicted molar refractivity (Wildman–Crippen MR) is 128 cm³/mol. The highest BCUT2D eigenvalue weighted by Crippen LogP contribution is 2.38. The fraction of sp³-hybridized carbons (Fsp3) is 0.333. The van der Waals surface area contributed by atoms with Gasteiger partial charge in [-0.25, -0.2) is 4.68 Å². The van der Waals surface area contributed by atoms with E-state index in [9.17, 15) is 4.79 Å². The van der Waals surface area contributed by atoms with Gasteiger partial charge in [-0.05, 0) is 51.8 Å². The summed E-state index contributed by atoms with van der Waals surface area (Å²) in [5.74, 6) is 0.944. The van der Waals surface area contributed by atoms with Crippen LogP contribution in [-0.2, 0) is 9.47 Å². The molecule has 9 heteroatoms. The molecule has 0 saturated carbocycles. The highest BCUT2D eigenvalue weighted by molar-refractivity contribution is 9.10. The molecule has 4 rings (SSSR count). The van der Waals surface area contributed by atoms with Crippen molar-refractivity contribution in [2.45, 2.75) is 6.10 Å². The zero-order valence-corrected chi connectivity index (χ0v) is 20.4. The van der Waals surface area contributed by atoms with E-state index in [0.717, 1.165) is 43.1 Å². The molecule has 0 aliphatic carbocycles. The molecule has 1 aliphatic heterocycles. The van der Waals surface area contributed by atoms with Gasteiger partial charge in [-0.2, -0.15) is 5.10 Å². The maximum atomic E-state index is 13.2. The molecule has 1 aliphatic rings. The number of hydrogen-bond acceptors (Lipinski definition) is 7. The lowest BCUT2D eigenvalue weighted by atomic mass is 10.1. The van der Waals surface area contributed by atoms with E-state index in [-0.39, 0.29) is 5.91 Å². The lowest BCUT2D eigenvalue weighted by molar-refractivity contribution is 0.0498. The van der Waals surface area contributed by atoms with Crippen LogP contribution in [0.1, 0.15) is 16.5 Å². The number of aromatic nitrogens is 2. The Labute approximate surface area is 201 Å². The second-order valence-corrected chi connectivity index (χ2v) is 8.28.